The van der Waals surface area contributed by atoms with Gasteiger partial charge in [0, 0.05) is 12.3 Å². The van der Waals surface area contributed by atoms with Crippen molar-refractivity contribution in [1.29, 1.82) is 0 Å². The lowest BCUT2D eigenvalue weighted by molar-refractivity contribution is -0.138. The largest absolute Gasteiger partial charge is 0.480 e. The molecule has 0 bridgehead atoms. The highest BCUT2D eigenvalue weighted by atomic mass is 16.4. The lowest BCUT2D eigenvalue weighted by Crippen LogP contribution is -2.36. The Kier molecular flexibility index (Phi) is 7.01. The quantitative estimate of drug-likeness (QED) is 0.368. The van der Waals surface area contributed by atoms with E-state index in [4.69, 9.17) is 10.8 Å². The molecule has 3 aromatic heterocycles. The van der Waals surface area contributed by atoms with Gasteiger partial charge >= 0.3 is 5.97 Å². The summed E-state index contributed by atoms with van der Waals surface area (Å²) < 4.78 is 2.69. The van der Waals surface area contributed by atoms with Gasteiger partial charge < -0.3 is 16.2 Å². The van der Waals surface area contributed by atoms with E-state index >= 15 is 0 Å². The molecule has 1 aliphatic rings. The van der Waals surface area contributed by atoms with E-state index in [-0.39, 0.29) is 31.1 Å². The molecule has 13 heteroatoms. The summed E-state index contributed by atoms with van der Waals surface area (Å²) in [6.45, 7) is 1.24. The summed E-state index contributed by atoms with van der Waals surface area (Å²) in [5, 5.41) is 28.3. The molecule has 0 spiro atoms. The number of piperidine rings is 1. The third-order valence-corrected chi connectivity index (χ3v) is 5.67. The van der Waals surface area contributed by atoms with Gasteiger partial charge in [0.15, 0.2) is 5.78 Å². The van der Waals surface area contributed by atoms with Gasteiger partial charge in [-0.3, -0.25) is 14.4 Å². The maximum Gasteiger partial charge on any atom is 0.325 e. The van der Waals surface area contributed by atoms with Crippen LogP contribution in [0.1, 0.15) is 31.7 Å². The second-order valence-electron chi connectivity index (χ2n) is 8.13. The summed E-state index contributed by atoms with van der Waals surface area (Å²) >= 11 is 0. The van der Waals surface area contributed by atoms with Gasteiger partial charge in [-0.25, -0.2) is 14.3 Å². The molecule has 3 aromatic rings. The molecule has 0 saturated carbocycles. The normalized spacial score (nSPS) is 15.2. The third kappa shape index (κ3) is 5.49. The minimum absolute atomic E-state index is 0.0240. The highest BCUT2D eigenvalue weighted by Gasteiger charge is 2.30. The van der Waals surface area contributed by atoms with E-state index in [1.807, 2.05) is 0 Å². The zero-order chi connectivity index (χ0) is 24.1. The van der Waals surface area contributed by atoms with E-state index < -0.39 is 17.9 Å². The van der Waals surface area contributed by atoms with E-state index in [1.54, 1.807) is 24.4 Å². The predicted octanol–water partition coefficient (Wildman–Crippen LogP) is 0.0585. The van der Waals surface area contributed by atoms with E-state index in [0.717, 1.165) is 25.9 Å². The van der Waals surface area contributed by atoms with Gasteiger partial charge in [0.2, 0.25) is 5.91 Å². The Hall–Kier alpha value is -4.00. The van der Waals surface area contributed by atoms with Crippen molar-refractivity contribution in [3.05, 3.63) is 30.6 Å². The Bertz CT molecular complexity index is 1180. The average Bonchev–Trinajstić information content (AvgIpc) is 3.49. The van der Waals surface area contributed by atoms with E-state index in [0.29, 0.717) is 22.8 Å². The molecular formula is C21H25N9O4. The first kappa shape index (κ1) is 23.2. The molecule has 0 aromatic carbocycles. The molecule has 0 unspecified atom stereocenters. The van der Waals surface area contributed by atoms with E-state index in [9.17, 15) is 14.4 Å². The summed E-state index contributed by atoms with van der Waals surface area (Å²) in [5.74, 6) is -1.59. The number of aromatic nitrogens is 7. The second kappa shape index (κ2) is 10.3. The average molecular weight is 467 g/mol. The zero-order valence-electron chi connectivity index (χ0n) is 18.4. The number of Topliss-reactive ketones (excluding diaryl/α,β-unsaturated/α-hetero) is 1. The Labute approximate surface area is 194 Å². The molecule has 1 atom stereocenters. The molecule has 1 amide bonds. The number of nitrogens with one attached hydrogen (secondary N) is 1. The number of carbonyl (C=O) groups excluding carboxylic acids is 2. The van der Waals surface area contributed by atoms with Crippen molar-refractivity contribution in [2.75, 3.05) is 13.1 Å². The van der Waals surface area contributed by atoms with Crippen molar-refractivity contribution >= 4 is 17.7 Å². The molecule has 34 heavy (non-hydrogen) atoms. The van der Waals surface area contributed by atoms with Gasteiger partial charge in [-0.15, -0.1) is 10.2 Å². The third-order valence-electron chi connectivity index (χ3n) is 5.67. The summed E-state index contributed by atoms with van der Waals surface area (Å²) in [6, 6.07) is 4.58. The number of ketones is 1. The minimum Gasteiger partial charge on any atom is -0.480 e. The van der Waals surface area contributed by atoms with Crippen LogP contribution in [0.25, 0.3) is 22.8 Å². The monoisotopic (exact) mass is 467 g/mol. The Morgan fingerprint density at radius 3 is 2.41 bits per heavy atom. The number of hydrogen-bond acceptors (Lipinski definition) is 9. The number of hydrogen-bond donors (Lipinski definition) is 3. The van der Waals surface area contributed by atoms with Crippen molar-refractivity contribution in [3.8, 4) is 22.8 Å². The number of amides is 1. The smallest absolute Gasteiger partial charge is 0.325 e. The Balaban J connectivity index is 1.57. The second-order valence-corrected chi connectivity index (χ2v) is 8.13. The lowest BCUT2D eigenvalue weighted by Gasteiger charge is -2.25. The highest BCUT2D eigenvalue weighted by Crippen LogP contribution is 2.26. The summed E-state index contributed by atoms with van der Waals surface area (Å²) in [7, 11) is 0. The van der Waals surface area contributed by atoms with Gasteiger partial charge in [0.25, 0.3) is 0 Å². The molecule has 13 nitrogen and oxygen atoms in total. The molecule has 0 aliphatic carbocycles. The van der Waals surface area contributed by atoms with Crippen LogP contribution in [0, 0.1) is 5.92 Å². The van der Waals surface area contributed by atoms with Crippen LogP contribution in [-0.4, -0.2) is 70.8 Å². The van der Waals surface area contributed by atoms with Gasteiger partial charge in [-0.05, 0) is 44.5 Å². The van der Waals surface area contributed by atoms with E-state index in [2.05, 4.69) is 30.9 Å². The lowest BCUT2D eigenvalue weighted by atomic mass is 9.88. The Morgan fingerprint density at radius 1 is 1.06 bits per heavy atom. The van der Waals surface area contributed by atoms with Crippen LogP contribution >= 0.6 is 0 Å². The predicted molar refractivity (Wildman–Crippen MR) is 118 cm³/mol. The molecule has 4 N–H and O–H groups in total. The summed E-state index contributed by atoms with van der Waals surface area (Å²) in [6.07, 6.45) is 4.92. The topological polar surface area (TPSA) is 184 Å². The van der Waals surface area contributed by atoms with Gasteiger partial charge in [0.05, 0.1) is 23.8 Å². The van der Waals surface area contributed by atoms with Gasteiger partial charge in [0.1, 0.15) is 24.0 Å². The molecule has 4 heterocycles. The maximum atomic E-state index is 13.2. The fourth-order valence-electron chi connectivity index (χ4n) is 3.96. The van der Waals surface area contributed by atoms with Crippen LogP contribution in [0.4, 0.5) is 0 Å². The van der Waals surface area contributed by atoms with Gasteiger partial charge in [-0.1, -0.05) is 16.5 Å². The number of carboxylic acids is 1. The van der Waals surface area contributed by atoms with Crippen LogP contribution in [-0.2, 0) is 20.9 Å². The molecule has 0 radical (unpaired) electrons. The summed E-state index contributed by atoms with van der Waals surface area (Å²) in [5.41, 5.74) is 7.18. The SMILES string of the molecule is NC(=O)CC[C@@H](C(=O)C1CCNCC1)n1cc(-c2cccc(-c3cn(CC(=O)O)nn3)n2)nn1. The fourth-order valence-corrected chi connectivity index (χ4v) is 3.96. The van der Waals surface area contributed by atoms with Crippen LogP contribution in [0.15, 0.2) is 30.6 Å². The summed E-state index contributed by atoms with van der Waals surface area (Å²) in [4.78, 5) is 40.0. The van der Waals surface area contributed by atoms with Crippen molar-refractivity contribution in [2.45, 2.75) is 38.3 Å². The minimum atomic E-state index is -1.03. The zero-order valence-corrected chi connectivity index (χ0v) is 18.4. The van der Waals surface area contributed by atoms with Crippen LogP contribution in [0.5, 0.6) is 0 Å². The van der Waals surface area contributed by atoms with Crippen LogP contribution < -0.4 is 11.1 Å². The number of nitrogens with two attached hydrogens (primary N) is 1. The first-order valence-electron chi connectivity index (χ1n) is 10.9. The van der Waals surface area contributed by atoms with E-state index in [1.165, 1.54) is 15.6 Å². The van der Waals surface area contributed by atoms with Crippen LogP contribution in [0.2, 0.25) is 0 Å². The molecular weight excluding hydrogens is 442 g/mol. The number of carboxylic acid groups (broad SMARTS) is 1. The molecule has 178 valence electrons. The standard InChI is InChI=1S/C21H25N9O4/c22-19(31)5-4-18(21(34)13-6-8-23-9-7-13)30-11-17(26-28-30)15-3-1-2-14(24-15)16-10-29(27-25-16)12-20(32)33/h1-3,10-11,13,18,23H,4-9,12H2,(H2,22,31)(H,32,33)/t18-/m0/s1. The number of nitrogens with zero attached hydrogens (tertiary/aromatic N) is 7. The molecule has 1 aliphatic heterocycles. The Morgan fingerprint density at radius 2 is 1.74 bits per heavy atom. The van der Waals surface area contributed by atoms with Crippen molar-refractivity contribution in [2.24, 2.45) is 11.7 Å². The number of primary amides is 1. The number of carbonyl (C=O) groups is 3. The first-order chi connectivity index (χ1) is 16.4. The highest BCUT2D eigenvalue weighted by molar-refractivity contribution is 5.85. The van der Waals surface area contributed by atoms with Gasteiger partial charge in [-0.2, -0.15) is 0 Å². The van der Waals surface area contributed by atoms with Crippen LogP contribution in [0.3, 0.4) is 0 Å². The maximum absolute atomic E-state index is 13.2. The number of rotatable bonds is 10. The number of pyridine rings is 1. The first-order valence-corrected chi connectivity index (χ1v) is 10.9. The number of aliphatic carboxylic acids is 1. The molecule has 4 rings (SSSR count). The molecule has 1 saturated heterocycles. The van der Waals surface area contributed by atoms with Crippen molar-refractivity contribution in [3.63, 3.8) is 0 Å². The fraction of sp³-hybridized carbons (Fsp3) is 0.429. The van der Waals surface area contributed by atoms with Crippen molar-refractivity contribution in [1.82, 2.24) is 40.3 Å². The molecule has 1 fully saturated rings. The van der Waals surface area contributed by atoms with Crippen molar-refractivity contribution < 1.29 is 19.5 Å².